The number of amides is 1. The van der Waals surface area contributed by atoms with E-state index < -0.39 is 26.6 Å². The molecule has 0 bridgehead atoms. The molecular formula is C20H28F2N2O3S. The largest absolute Gasteiger partial charge is 0.353 e. The highest BCUT2D eigenvalue weighted by Gasteiger charge is 2.35. The summed E-state index contributed by atoms with van der Waals surface area (Å²) < 4.78 is 53.8. The van der Waals surface area contributed by atoms with Crippen LogP contribution in [0.5, 0.6) is 0 Å². The Hall–Kier alpha value is -1.54. The maximum atomic E-state index is 13.9. The fraction of sp³-hybridized carbons (Fsp3) is 0.650. The molecule has 2 aliphatic rings. The number of carbonyl (C=O) groups excluding carboxylic acids is 1. The predicted octanol–water partition coefficient (Wildman–Crippen LogP) is 3.31. The van der Waals surface area contributed by atoms with E-state index in [1.807, 2.05) is 0 Å². The molecule has 1 amide bonds. The number of carbonyl (C=O) groups is 1. The second kappa shape index (κ2) is 8.45. The number of benzene rings is 1. The third-order valence-corrected chi connectivity index (χ3v) is 8.28. The Labute approximate surface area is 165 Å². The summed E-state index contributed by atoms with van der Waals surface area (Å²) in [6.07, 6.45) is 4.01. The molecule has 1 saturated carbocycles. The summed E-state index contributed by atoms with van der Waals surface area (Å²) in [4.78, 5) is 12.0. The number of hydrogen-bond donors (Lipinski definition) is 1. The molecule has 1 aliphatic heterocycles. The Morgan fingerprint density at radius 1 is 1.11 bits per heavy atom. The Morgan fingerprint density at radius 2 is 1.79 bits per heavy atom. The second-order valence-corrected chi connectivity index (χ2v) is 10.0. The fourth-order valence-electron chi connectivity index (χ4n) is 4.26. The number of hydrogen-bond acceptors (Lipinski definition) is 3. The van der Waals surface area contributed by atoms with Crippen LogP contribution in [0, 0.1) is 29.4 Å². The molecule has 2 fully saturated rings. The summed E-state index contributed by atoms with van der Waals surface area (Å²) in [6, 6.07) is 2.57. The van der Waals surface area contributed by atoms with Crippen molar-refractivity contribution in [2.45, 2.75) is 56.9 Å². The maximum absolute atomic E-state index is 13.9. The van der Waals surface area contributed by atoms with Crippen LogP contribution >= 0.6 is 0 Å². The zero-order valence-electron chi connectivity index (χ0n) is 16.3. The molecule has 3 rings (SSSR count). The van der Waals surface area contributed by atoms with E-state index in [-0.39, 0.29) is 31.0 Å². The minimum Gasteiger partial charge on any atom is -0.353 e. The quantitative estimate of drug-likeness (QED) is 0.822. The van der Waals surface area contributed by atoms with Gasteiger partial charge in [-0.3, -0.25) is 4.79 Å². The Bertz CT molecular complexity index is 823. The zero-order chi connectivity index (χ0) is 20.5. The molecule has 3 atom stereocenters. The second-order valence-electron chi connectivity index (χ2n) is 8.14. The van der Waals surface area contributed by atoms with Crippen LogP contribution in [-0.2, 0) is 14.8 Å². The van der Waals surface area contributed by atoms with Crippen LogP contribution in [0.3, 0.4) is 0 Å². The molecular weight excluding hydrogens is 386 g/mol. The molecule has 5 nitrogen and oxygen atoms in total. The Kier molecular flexibility index (Phi) is 6.39. The van der Waals surface area contributed by atoms with Crippen molar-refractivity contribution in [2.24, 2.45) is 17.8 Å². The van der Waals surface area contributed by atoms with Crippen molar-refractivity contribution in [1.29, 1.82) is 0 Å². The molecule has 0 unspecified atom stereocenters. The van der Waals surface area contributed by atoms with Gasteiger partial charge in [-0.05, 0) is 49.3 Å². The van der Waals surface area contributed by atoms with Gasteiger partial charge >= 0.3 is 0 Å². The van der Waals surface area contributed by atoms with Gasteiger partial charge in [-0.1, -0.05) is 26.7 Å². The highest BCUT2D eigenvalue weighted by molar-refractivity contribution is 7.89. The van der Waals surface area contributed by atoms with Gasteiger partial charge in [0.1, 0.15) is 16.5 Å². The summed E-state index contributed by atoms with van der Waals surface area (Å²) in [7, 11) is -4.12. The Balaban J connectivity index is 1.61. The first-order chi connectivity index (χ1) is 13.2. The first-order valence-corrected chi connectivity index (χ1v) is 11.4. The molecule has 1 heterocycles. The average molecular weight is 415 g/mol. The van der Waals surface area contributed by atoms with Crippen LogP contribution in [0.4, 0.5) is 8.78 Å². The summed E-state index contributed by atoms with van der Waals surface area (Å²) in [5.41, 5.74) is 0. The molecule has 0 aromatic heterocycles. The predicted molar refractivity (Wildman–Crippen MR) is 102 cm³/mol. The molecule has 156 valence electrons. The van der Waals surface area contributed by atoms with Gasteiger partial charge in [0.2, 0.25) is 15.9 Å². The zero-order valence-corrected chi connectivity index (χ0v) is 17.1. The monoisotopic (exact) mass is 414 g/mol. The molecule has 0 radical (unpaired) electrons. The first-order valence-electron chi connectivity index (χ1n) is 9.95. The van der Waals surface area contributed by atoms with Crippen LogP contribution in [0.2, 0.25) is 0 Å². The summed E-state index contributed by atoms with van der Waals surface area (Å²) in [6.45, 7) is 4.61. The van der Waals surface area contributed by atoms with Crippen molar-refractivity contribution in [3.8, 4) is 0 Å². The fourth-order valence-corrected chi connectivity index (χ4v) is 5.80. The molecule has 28 heavy (non-hydrogen) atoms. The van der Waals surface area contributed by atoms with Gasteiger partial charge in [0, 0.05) is 25.0 Å². The molecule has 1 aromatic rings. The van der Waals surface area contributed by atoms with E-state index >= 15 is 0 Å². The number of nitrogens with one attached hydrogen (secondary N) is 1. The summed E-state index contributed by atoms with van der Waals surface area (Å²) >= 11 is 0. The van der Waals surface area contributed by atoms with Crippen molar-refractivity contribution in [2.75, 3.05) is 13.1 Å². The van der Waals surface area contributed by atoms with Crippen LogP contribution in [0.15, 0.2) is 23.1 Å². The number of rotatable bonds is 4. The first kappa shape index (κ1) is 21.2. The molecule has 0 spiro atoms. The highest BCUT2D eigenvalue weighted by Crippen LogP contribution is 2.31. The van der Waals surface area contributed by atoms with E-state index in [0.717, 1.165) is 29.3 Å². The van der Waals surface area contributed by atoms with Crippen molar-refractivity contribution in [3.05, 3.63) is 29.8 Å². The average Bonchev–Trinajstić information content (AvgIpc) is 2.67. The molecule has 1 aromatic carbocycles. The van der Waals surface area contributed by atoms with E-state index in [4.69, 9.17) is 0 Å². The third-order valence-electron chi connectivity index (χ3n) is 6.37. The van der Waals surface area contributed by atoms with E-state index in [1.54, 1.807) is 0 Å². The SMILES string of the molecule is C[C@H]1[C@H](C)CCC[C@@H]1NC(=O)C1CCN(S(=O)(=O)c2cc(F)ccc2F)CC1. The minimum absolute atomic E-state index is 0.0278. The van der Waals surface area contributed by atoms with E-state index in [2.05, 4.69) is 19.2 Å². The third kappa shape index (κ3) is 4.38. The van der Waals surface area contributed by atoms with E-state index in [0.29, 0.717) is 30.7 Å². The van der Waals surface area contributed by atoms with Gasteiger partial charge in [-0.2, -0.15) is 4.31 Å². The van der Waals surface area contributed by atoms with Gasteiger partial charge < -0.3 is 5.32 Å². The lowest BCUT2D eigenvalue weighted by molar-refractivity contribution is -0.127. The van der Waals surface area contributed by atoms with E-state index in [9.17, 15) is 22.0 Å². The number of nitrogens with zero attached hydrogens (tertiary/aromatic N) is 1. The van der Waals surface area contributed by atoms with Crippen LogP contribution < -0.4 is 5.32 Å². The standard InChI is InChI=1S/C20H28F2N2O3S/c1-13-4-3-5-18(14(13)2)23-20(25)15-8-10-24(11-9-15)28(26,27)19-12-16(21)6-7-17(19)22/h6-7,12-15,18H,3-5,8-11H2,1-2H3,(H,23,25)/t13-,14+,18+/m1/s1. The topological polar surface area (TPSA) is 66.5 Å². The molecule has 1 N–H and O–H groups in total. The van der Waals surface area contributed by atoms with Crippen molar-refractivity contribution in [3.63, 3.8) is 0 Å². The lowest BCUT2D eigenvalue weighted by atomic mass is 9.78. The maximum Gasteiger partial charge on any atom is 0.246 e. The Morgan fingerprint density at radius 3 is 2.46 bits per heavy atom. The van der Waals surface area contributed by atoms with Crippen molar-refractivity contribution >= 4 is 15.9 Å². The van der Waals surface area contributed by atoms with Crippen molar-refractivity contribution < 1.29 is 22.0 Å². The summed E-state index contributed by atoms with van der Waals surface area (Å²) in [5, 5.41) is 3.15. The minimum atomic E-state index is -4.12. The number of sulfonamides is 1. The summed E-state index contributed by atoms with van der Waals surface area (Å²) in [5.74, 6) is -1.05. The number of halogens is 2. The van der Waals surface area contributed by atoms with Crippen LogP contribution in [0.25, 0.3) is 0 Å². The molecule has 1 aliphatic carbocycles. The van der Waals surface area contributed by atoms with Crippen LogP contribution in [0.1, 0.15) is 46.0 Å². The van der Waals surface area contributed by atoms with Crippen LogP contribution in [-0.4, -0.2) is 37.8 Å². The van der Waals surface area contributed by atoms with Gasteiger partial charge in [0.15, 0.2) is 0 Å². The van der Waals surface area contributed by atoms with Crippen molar-refractivity contribution in [1.82, 2.24) is 9.62 Å². The number of piperidine rings is 1. The van der Waals surface area contributed by atoms with E-state index in [1.165, 1.54) is 6.42 Å². The lowest BCUT2D eigenvalue weighted by Crippen LogP contribution is -2.48. The van der Waals surface area contributed by atoms with Gasteiger partial charge in [-0.25, -0.2) is 17.2 Å². The van der Waals surface area contributed by atoms with Gasteiger partial charge in [0.25, 0.3) is 0 Å². The highest BCUT2D eigenvalue weighted by atomic mass is 32.2. The van der Waals surface area contributed by atoms with Gasteiger partial charge in [0.05, 0.1) is 0 Å². The van der Waals surface area contributed by atoms with Gasteiger partial charge in [-0.15, -0.1) is 0 Å². The smallest absolute Gasteiger partial charge is 0.246 e. The molecule has 1 saturated heterocycles. The normalized spacial score (nSPS) is 27.5. The molecule has 8 heteroatoms. The lowest BCUT2D eigenvalue weighted by Gasteiger charge is -2.36.